The maximum Gasteiger partial charge on any atom is 0.146 e. The van der Waals surface area contributed by atoms with E-state index in [0.29, 0.717) is 5.69 Å². The van der Waals surface area contributed by atoms with Crippen LogP contribution in [0.2, 0.25) is 0 Å². The lowest BCUT2D eigenvalue weighted by molar-refractivity contribution is 0.418. The fraction of sp³-hybridized carbons (Fsp3) is 0.300. The summed E-state index contributed by atoms with van der Waals surface area (Å²) in [5.74, 6) is 0.761. The van der Waals surface area contributed by atoms with Gasteiger partial charge < -0.3 is 15.5 Å². The molecular weight excluding hydrogens is 178 g/mol. The van der Waals surface area contributed by atoms with Gasteiger partial charge in [0.05, 0.1) is 12.8 Å². The van der Waals surface area contributed by atoms with Crippen molar-refractivity contribution < 1.29 is 4.74 Å². The van der Waals surface area contributed by atoms with Gasteiger partial charge in [-0.15, -0.1) is 0 Å². The molecule has 0 aliphatic heterocycles. The summed E-state index contributed by atoms with van der Waals surface area (Å²) >= 11 is 0. The zero-order valence-corrected chi connectivity index (χ0v) is 8.66. The van der Waals surface area contributed by atoms with Crippen molar-refractivity contribution in [1.29, 1.82) is 0 Å². The summed E-state index contributed by atoms with van der Waals surface area (Å²) in [6, 6.07) is 1.79. The molecule has 0 aromatic carbocycles. The average Bonchev–Trinajstić information content (AvgIpc) is 2.64. The van der Waals surface area contributed by atoms with Crippen molar-refractivity contribution in [1.82, 2.24) is 9.97 Å². The molecule has 2 aromatic rings. The molecule has 76 valence electrons. The first kappa shape index (κ1) is 10.4. The summed E-state index contributed by atoms with van der Waals surface area (Å²) in [7, 11) is 1.62. The average molecular weight is 193 g/mol. The number of aromatic nitrogens is 2. The zero-order chi connectivity index (χ0) is 10.6. The molecule has 2 aromatic heterocycles. The van der Waals surface area contributed by atoms with Crippen LogP contribution < -0.4 is 10.5 Å². The van der Waals surface area contributed by atoms with Crippen molar-refractivity contribution in [2.24, 2.45) is 0 Å². The molecule has 0 aliphatic rings. The number of nitrogens with two attached hydrogens (primary N) is 1. The van der Waals surface area contributed by atoms with Gasteiger partial charge in [-0.1, -0.05) is 13.8 Å². The van der Waals surface area contributed by atoms with Gasteiger partial charge in [0, 0.05) is 18.5 Å². The van der Waals surface area contributed by atoms with Crippen LogP contribution >= 0.6 is 0 Å². The first-order chi connectivity index (χ1) is 6.83. The predicted molar refractivity (Wildman–Crippen MR) is 58.4 cm³/mol. The smallest absolute Gasteiger partial charge is 0.146 e. The molecule has 2 rings (SSSR count). The van der Waals surface area contributed by atoms with Crippen LogP contribution in [-0.4, -0.2) is 17.1 Å². The molecule has 0 saturated carbocycles. The third-order valence-electron chi connectivity index (χ3n) is 1.78. The van der Waals surface area contributed by atoms with E-state index in [1.807, 2.05) is 13.8 Å². The van der Waals surface area contributed by atoms with Gasteiger partial charge in [-0.05, 0) is 0 Å². The molecule has 0 spiro atoms. The van der Waals surface area contributed by atoms with Gasteiger partial charge in [-0.25, -0.2) is 0 Å². The van der Waals surface area contributed by atoms with Gasteiger partial charge in [0.1, 0.15) is 16.8 Å². The molecule has 2 heterocycles. The number of ether oxygens (including phenoxy) is 1. The van der Waals surface area contributed by atoms with E-state index in [4.69, 9.17) is 10.5 Å². The van der Waals surface area contributed by atoms with Gasteiger partial charge in [-0.3, -0.25) is 4.98 Å². The molecular formula is C10H15N3O. The maximum atomic E-state index is 5.65. The molecule has 0 fully saturated rings. The number of aromatic amines is 1. The summed E-state index contributed by atoms with van der Waals surface area (Å²) in [6.45, 7) is 4.00. The van der Waals surface area contributed by atoms with Crippen LogP contribution in [0.25, 0.3) is 11.0 Å². The Morgan fingerprint density at radius 2 is 2.14 bits per heavy atom. The van der Waals surface area contributed by atoms with E-state index in [1.165, 1.54) is 0 Å². The van der Waals surface area contributed by atoms with Gasteiger partial charge in [0.15, 0.2) is 0 Å². The molecule has 0 bridgehead atoms. The molecule has 3 N–H and O–H groups in total. The molecule has 4 nitrogen and oxygen atoms in total. The number of rotatable bonds is 1. The van der Waals surface area contributed by atoms with E-state index in [1.54, 1.807) is 25.6 Å². The predicted octanol–water partition coefficient (Wildman–Crippen LogP) is 2.18. The zero-order valence-electron chi connectivity index (χ0n) is 8.66. The monoisotopic (exact) mass is 193 g/mol. The summed E-state index contributed by atoms with van der Waals surface area (Å²) in [5.41, 5.74) is 7.90. The van der Waals surface area contributed by atoms with Crippen molar-refractivity contribution in [3.63, 3.8) is 0 Å². The van der Waals surface area contributed by atoms with Crippen LogP contribution in [-0.2, 0) is 0 Å². The van der Waals surface area contributed by atoms with Crippen molar-refractivity contribution >= 4 is 16.7 Å². The first-order valence-corrected chi connectivity index (χ1v) is 4.58. The normalized spacial score (nSPS) is 9.36. The number of fused-ring (bicyclic) bond motifs is 1. The highest BCUT2D eigenvalue weighted by atomic mass is 16.5. The molecule has 0 atom stereocenters. The Bertz CT molecular complexity index is 409. The summed E-state index contributed by atoms with van der Waals surface area (Å²) in [6.07, 6.45) is 3.38. The lowest BCUT2D eigenvalue weighted by Crippen LogP contribution is -1.87. The third-order valence-corrected chi connectivity index (χ3v) is 1.78. The van der Waals surface area contributed by atoms with Crippen LogP contribution in [0.5, 0.6) is 5.75 Å². The number of nitrogens with zero attached hydrogens (tertiary/aromatic N) is 1. The van der Waals surface area contributed by atoms with Crippen LogP contribution in [0.15, 0.2) is 18.5 Å². The Balaban J connectivity index is 0.000000461. The van der Waals surface area contributed by atoms with E-state index in [-0.39, 0.29) is 0 Å². The Kier molecular flexibility index (Phi) is 3.34. The Morgan fingerprint density at radius 1 is 1.43 bits per heavy atom. The first-order valence-electron chi connectivity index (χ1n) is 4.58. The van der Waals surface area contributed by atoms with Gasteiger partial charge >= 0.3 is 0 Å². The van der Waals surface area contributed by atoms with E-state index >= 15 is 0 Å². The second-order valence-corrected chi connectivity index (χ2v) is 2.48. The van der Waals surface area contributed by atoms with Crippen molar-refractivity contribution in [3.05, 3.63) is 18.5 Å². The number of nitrogens with one attached hydrogen (secondary N) is 1. The number of methoxy groups -OCH3 is 1. The molecule has 0 unspecified atom stereocenters. The van der Waals surface area contributed by atoms with E-state index in [2.05, 4.69) is 9.97 Å². The highest BCUT2D eigenvalue weighted by Crippen LogP contribution is 2.25. The SMILES string of the molecule is CC.COc1ccnc2c(N)c[nH]c12. The molecule has 0 saturated heterocycles. The van der Waals surface area contributed by atoms with E-state index in [9.17, 15) is 0 Å². The second kappa shape index (κ2) is 4.50. The van der Waals surface area contributed by atoms with Gasteiger partial charge in [-0.2, -0.15) is 0 Å². The van der Waals surface area contributed by atoms with Crippen molar-refractivity contribution in [3.8, 4) is 5.75 Å². The van der Waals surface area contributed by atoms with E-state index < -0.39 is 0 Å². The number of hydrogen-bond donors (Lipinski definition) is 2. The Hall–Kier alpha value is -1.71. The van der Waals surface area contributed by atoms with Crippen molar-refractivity contribution in [2.45, 2.75) is 13.8 Å². The fourth-order valence-corrected chi connectivity index (χ4v) is 1.19. The summed E-state index contributed by atoms with van der Waals surface area (Å²) < 4.78 is 5.11. The summed E-state index contributed by atoms with van der Waals surface area (Å²) in [4.78, 5) is 7.11. The minimum Gasteiger partial charge on any atom is -0.494 e. The molecule has 0 amide bonds. The third kappa shape index (κ3) is 1.64. The standard InChI is InChI=1S/C8H9N3O.C2H6/c1-12-6-2-3-10-7-5(9)4-11-8(6)7;1-2/h2-4,11H,9H2,1H3;1-2H3. The van der Waals surface area contributed by atoms with Gasteiger partial charge in [0.25, 0.3) is 0 Å². The molecule has 0 aliphatic carbocycles. The summed E-state index contributed by atoms with van der Waals surface area (Å²) in [5, 5.41) is 0. The van der Waals surface area contributed by atoms with Crippen LogP contribution in [0.3, 0.4) is 0 Å². The Morgan fingerprint density at radius 3 is 2.79 bits per heavy atom. The topological polar surface area (TPSA) is 63.9 Å². The largest absolute Gasteiger partial charge is 0.494 e. The van der Waals surface area contributed by atoms with Gasteiger partial charge in [0.2, 0.25) is 0 Å². The lowest BCUT2D eigenvalue weighted by atomic mass is 10.3. The number of pyridine rings is 1. The second-order valence-electron chi connectivity index (χ2n) is 2.48. The van der Waals surface area contributed by atoms with Crippen molar-refractivity contribution in [2.75, 3.05) is 12.8 Å². The minimum absolute atomic E-state index is 0.643. The lowest BCUT2D eigenvalue weighted by Gasteiger charge is -1.99. The van der Waals surface area contributed by atoms with Crippen LogP contribution in [0.1, 0.15) is 13.8 Å². The van der Waals surface area contributed by atoms with Crippen LogP contribution in [0, 0.1) is 0 Å². The maximum absolute atomic E-state index is 5.65. The molecule has 0 radical (unpaired) electrons. The Labute approximate surface area is 83.1 Å². The number of nitrogen functional groups attached to an aromatic ring is 1. The highest BCUT2D eigenvalue weighted by molar-refractivity contribution is 5.91. The number of hydrogen-bond acceptors (Lipinski definition) is 3. The minimum atomic E-state index is 0.643. The fourth-order valence-electron chi connectivity index (χ4n) is 1.19. The van der Waals surface area contributed by atoms with Crippen LogP contribution in [0.4, 0.5) is 5.69 Å². The molecule has 14 heavy (non-hydrogen) atoms. The number of H-pyrrole nitrogens is 1. The molecule has 4 heteroatoms. The highest BCUT2D eigenvalue weighted by Gasteiger charge is 2.05. The number of anilines is 1. The quantitative estimate of drug-likeness (QED) is 0.729. The van der Waals surface area contributed by atoms with E-state index in [0.717, 1.165) is 16.8 Å².